The largest absolute Gasteiger partial charge is 0.394 e. The Hall–Kier alpha value is -2.34. The van der Waals surface area contributed by atoms with Crippen LogP contribution in [0.5, 0.6) is 0 Å². The third-order valence-corrected chi connectivity index (χ3v) is 4.96. The number of halogens is 3. The molecule has 0 aromatic heterocycles. The molecule has 158 valence electrons. The fourth-order valence-electron chi connectivity index (χ4n) is 2.32. The minimum absolute atomic E-state index is 0.133. The Morgan fingerprint density at radius 1 is 0.967 bits per heavy atom. The average molecular weight is 467 g/mol. The topological polar surface area (TPSA) is 84.5 Å². The highest BCUT2D eigenvalue weighted by atomic mass is 35.5. The molecule has 8 heteroatoms. The van der Waals surface area contributed by atoms with Gasteiger partial charge in [0.25, 0.3) is 5.91 Å². The lowest BCUT2D eigenvalue weighted by molar-refractivity contribution is -0.133. The van der Waals surface area contributed by atoms with E-state index in [4.69, 9.17) is 40.5 Å². The number of imide groups is 1. The number of nitrogens with one attached hydrogen (secondary N) is 1. The van der Waals surface area contributed by atoms with Crippen LogP contribution in [0.3, 0.4) is 0 Å². The van der Waals surface area contributed by atoms with Crippen molar-refractivity contribution in [1.82, 2.24) is 5.32 Å². The molecule has 0 atom stereocenters. The number of carbonyl (C=O) groups excluding carboxylic acids is 2. The first-order valence-electron chi connectivity index (χ1n) is 9.02. The number of allylic oxidation sites excluding steroid dienone is 1. The maximum atomic E-state index is 12.6. The van der Waals surface area contributed by atoms with Crippen molar-refractivity contribution in [3.8, 4) is 0 Å². The zero-order valence-corrected chi connectivity index (χ0v) is 19.3. The number of amides is 2. The van der Waals surface area contributed by atoms with E-state index in [2.05, 4.69) is 10.3 Å². The third kappa shape index (κ3) is 6.08. The van der Waals surface area contributed by atoms with E-state index in [1.54, 1.807) is 70.2 Å². The number of aliphatic imine (C=N–C) groups is 1. The summed E-state index contributed by atoms with van der Waals surface area (Å²) >= 11 is 18.2. The molecule has 0 unspecified atom stereocenters. The highest BCUT2D eigenvalue weighted by molar-refractivity contribution is 6.36. The summed E-state index contributed by atoms with van der Waals surface area (Å²) in [6.45, 7) is 6.75. The van der Waals surface area contributed by atoms with Crippen LogP contribution in [0.15, 0.2) is 58.7 Å². The van der Waals surface area contributed by atoms with E-state index in [-0.39, 0.29) is 5.70 Å². The molecular formula is C22H22Cl3N3O2. The minimum atomic E-state index is -0.742. The van der Waals surface area contributed by atoms with E-state index in [1.165, 1.54) is 0 Å². The van der Waals surface area contributed by atoms with Crippen LogP contribution in [0.25, 0.3) is 0 Å². The summed E-state index contributed by atoms with van der Waals surface area (Å²) in [5, 5.41) is 3.68. The molecule has 2 rings (SSSR count). The summed E-state index contributed by atoms with van der Waals surface area (Å²) in [4.78, 5) is 29.3. The van der Waals surface area contributed by atoms with Crippen LogP contribution < -0.4 is 11.1 Å². The van der Waals surface area contributed by atoms with Crippen LogP contribution in [-0.2, 0) is 9.59 Å². The smallest absolute Gasteiger partial charge is 0.274 e. The zero-order valence-electron chi connectivity index (χ0n) is 17.0. The first-order valence-corrected chi connectivity index (χ1v) is 10.2. The highest BCUT2D eigenvalue weighted by Gasteiger charge is 2.25. The molecule has 0 aliphatic rings. The Kier molecular flexibility index (Phi) is 7.70. The van der Waals surface area contributed by atoms with Gasteiger partial charge in [-0.05, 0) is 37.3 Å². The van der Waals surface area contributed by atoms with Crippen LogP contribution in [0.1, 0.15) is 33.3 Å². The normalized spacial score (nSPS) is 13.0. The Balaban J connectivity index is 2.56. The van der Waals surface area contributed by atoms with E-state index in [0.29, 0.717) is 37.6 Å². The Morgan fingerprint density at radius 3 is 2.07 bits per heavy atom. The fourth-order valence-corrected chi connectivity index (χ4v) is 2.90. The quantitative estimate of drug-likeness (QED) is 0.448. The molecule has 3 N–H and O–H groups in total. The van der Waals surface area contributed by atoms with E-state index in [9.17, 15) is 9.59 Å². The maximum absolute atomic E-state index is 12.6. The number of nitrogens with zero attached hydrogens (tertiary/aromatic N) is 1. The maximum Gasteiger partial charge on any atom is 0.274 e. The van der Waals surface area contributed by atoms with Crippen LogP contribution in [-0.4, -0.2) is 17.5 Å². The molecule has 0 aliphatic heterocycles. The second-order valence-electron chi connectivity index (χ2n) is 7.63. The van der Waals surface area contributed by atoms with Gasteiger partial charge in [0.05, 0.1) is 16.4 Å². The van der Waals surface area contributed by atoms with Crippen molar-refractivity contribution in [3.63, 3.8) is 0 Å². The average Bonchev–Trinajstić information content (AvgIpc) is 2.66. The van der Waals surface area contributed by atoms with Gasteiger partial charge in [0.1, 0.15) is 5.70 Å². The number of hydrogen-bond acceptors (Lipinski definition) is 4. The Morgan fingerprint density at radius 2 is 1.53 bits per heavy atom. The standard InChI is InChI=1S/C22H22Cl3N3O2/c1-12(18(26)20(29)28-21(30)22(2,3)4)19(13-5-7-14(23)8-6-13)27-17-10-9-15(24)11-16(17)25/h5-11H,26H2,1-4H3,(H,28,29,30)/b18-12-,27-19?. The van der Waals surface area contributed by atoms with Gasteiger partial charge in [0.15, 0.2) is 0 Å². The van der Waals surface area contributed by atoms with Crippen LogP contribution in [0.2, 0.25) is 15.1 Å². The molecule has 2 aromatic rings. The van der Waals surface area contributed by atoms with Gasteiger partial charge in [-0.3, -0.25) is 14.9 Å². The van der Waals surface area contributed by atoms with Crippen molar-refractivity contribution >= 4 is 58.0 Å². The summed E-state index contributed by atoms with van der Waals surface area (Å²) < 4.78 is 0. The van der Waals surface area contributed by atoms with Gasteiger partial charge in [-0.2, -0.15) is 0 Å². The van der Waals surface area contributed by atoms with Crippen molar-refractivity contribution in [2.75, 3.05) is 0 Å². The second-order valence-corrected chi connectivity index (χ2v) is 8.92. The number of benzene rings is 2. The van der Waals surface area contributed by atoms with Crippen molar-refractivity contribution in [1.29, 1.82) is 0 Å². The molecule has 5 nitrogen and oxygen atoms in total. The van der Waals surface area contributed by atoms with Crippen molar-refractivity contribution in [2.45, 2.75) is 27.7 Å². The van der Waals surface area contributed by atoms with Gasteiger partial charge in [-0.15, -0.1) is 0 Å². The number of carbonyl (C=O) groups is 2. The van der Waals surface area contributed by atoms with Gasteiger partial charge >= 0.3 is 0 Å². The van der Waals surface area contributed by atoms with E-state index >= 15 is 0 Å². The molecule has 0 saturated heterocycles. The number of nitrogens with two attached hydrogens (primary N) is 1. The van der Waals surface area contributed by atoms with E-state index in [1.807, 2.05) is 0 Å². The summed E-state index contributed by atoms with van der Waals surface area (Å²) in [5.41, 5.74) is 7.12. The molecule has 2 amide bonds. The highest BCUT2D eigenvalue weighted by Crippen LogP contribution is 2.30. The van der Waals surface area contributed by atoms with E-state index in [0.717, 1.165) is 0 Å². The molecule has 0 aliphatic carbocycles. The fraction of sp³-hybridized carbons (Fsp3) is 0.227. The first-order chi connectivity index (χ1) is 13.9. The SMILES string of the molecule is C/C(C(=Nc1ccc(Cl)cc1Cl)c1ccc(Cl)cc1)=C(/N)C(=O)NC(=O)C(C)(C)C. The lowest BCUT2D eigenvalue weighted by Crippen LogP contribution is -2.41. The monoisotopic (exact) mass is 465 g/mol. The lowest BCUT2D eigenvalue weighted by atomic mass is 9.95. The van der Waals surface area contributed by atoms with Gasteiger partial charge in [0, 0.05) is 26.6 Å². The van der Waals surface area contributed by atoms with Crippen molar-refractivity contribution in [2.24, 2.45) is 16.1 Å². The van der Waals surface area contributed by atoms with Gasteiger partial charge in [0.2, 0.25) is 5.91 Å². The van der Waals surface area contributed by atoms with Gasteiger partial charge in [-0.1, -0.05) is 67.7 Å². The lowest BCUT2D eigenvalue weighted by Gasteiger charge is -2.18. The molecule has 0 saturated carbocycles. The summed E-state index contributed by atoms with van der Waals surface area (Å²) in [5.74, 6) is -1.13. The Bertz CT molecular complexity index is 1040. The molecule has 0 radical (unpaired) electrons. The van der Waals surface area contributed by atoms with Crippen LogP contribution >= 0.6 is 34.8 Å². The molecule has 0 fully saturated rings. The molecule has 2 aromatic carbocycles. The minimum Gasteiger partial charge on any atom is -0.394 e. The van der Waals surface area contributed by atoms with E-state index < -0.39 is 17.2 Å². The second kappa shape index (κ2) is 9.65. The first kappa shape index (κ1) is 23.9. The Labute approximate surface area is 190 Å². The van der Waals surface area contributed by atoms with Crippen molar-refractivity contribution in [3.05, 3.63) is 74.4 Å². The summed E-state index contributed by atoms with van der Waals surface area (Å²) in [6, 6.07) is 11.8. The predicted octanol–water partition coefficient (Wildman–Crippen LogP) is 5.69. The summed E-state index contributed by atoms with van der Waals surface area (Å²) in [7, 11) is 0. The third-order valence-electron chi connectivity index (χ3n) is 4.17. The predicted molar refractivity (Wildman–Crippen MR) is 124 cm³/mol. The molecule has 30 heavy (non-hydrogen) atoms. The molecule has 0 bridgehead atoms. The van der Waals surface area contributed by atoms with Gasteiger partial charge < -0.3 is 5.73 Å². The zero-order chi connectivity index (χ0) is 22.6. The van der Waals surface area contributed by atoms with Crippen LogP contribution in [0, 0.1) is 5.41 Å². The molecule has 0 heterocycles. The van der Waals surface area contributed by atoms with Crippen molar-refractivity contribution < 1.29 is 9.59 Å². The molecule has 0 spiro atoms. The summed E-state index contributed by atoms with van der Waals surface area (Å²) in [6.07, 6.45) is 0. The number of hydrogen-bond donors (Lipinski definition) is 2. The van der Waals surface area contributed by atoms with Gasteiger partial charge in [-0.25, -0.2) is 4.99 Å². The number of rotatable bonds is 4. The molecular weight excluding hydrogens is 445 g/mol. The van der Waals surface area contributed by atoms with Crippen LogP contribution in [0.4, 0.5) is 5.69 Å².